The maximum Gasteiger partial charge on any atom is 0.217 e. The zero-order valence-corrected chi connectivity index (χ0v) is 8.33. The molecular formula is C8H16N2O5. The van der Waals surface area contributed by atoms with Crippen LogP contribution in [-0.4, -0.2) is 58.4 Å². The van der Waals surface area contributed by atoms with Gasteiger partial charge in [0.25, 0.3) is 0 Å². The second-order valence-electron chi connectivity index (χ2n) is 3.53. The summed E-state index contributed by atoms with van der Waals surface area (Å²) in [5, 5.41) is 30.3. The van der Waals surface area contributed by atoms with E-state index in [1.54, 1.807) is 0 Å². The monoisotopic (exact) mass is 220 g/mol. The van der Waals surface area contributed by atoms with E-state index in [0.717, 1.165) is 0 Å². The van der Waals surface area contributed by atoms with Crippen molar-refractivity contribution in [3.63, 3.8) is 0 Å². The Morgan fingerprint density at radius 3 is 2.53 bits per heavy atom. The number of carbonyl (C=O) groups is 1. The number of nitrogens with two attached hydrogens (primary N) is 1. The van der Waals surface area contributed by atoms with Crippen LogP contribution < -0.4 is 11.1 Å². The third kappa shape index (κ3) is 2.64. The number of nitrogens with one attached hydrogen (secondary N) is 1. The Morgan fingerprint density at radius 2 is 2.07 bits per heavy atom. The number of hydrogen-bond donors (Lipinski definition) is 5. The lowest BCUT2D eigenvalue weighted by atomic mass is 9.96. The van der Waals surface area contributed by atoms with Gasteiger partial charge < -0.3 is 31.1 Å². The van der Waals surface area contributed by atoms with Crippen molar-refractivity contribution in [2.24, 2.45) is 5.73 Å². The highest BCUT2D eigenvalue weighted by atomic mass is 16.5. The number of aliphatic hydroxyl groups excluding tert-OH is 3. The zero-order valence-electron chi connectivity index (χ0n) is 8.33. The number of hydrogen-bond acceptors (Lipinski definition) is 6. The van der Waals surface area contributed by atoms with Gasteiger partial charge in [-0.15, -0.1) is 0 Å². The number of rotatable bonds is 2. The first-order valence-electron chi connectivity index (χ1n) is 4.62. The molecule has 88 valence electrons. The molecule has 0 bridgehead atoms. The van der Waals surface area contributed by atoms with Gasteiger partial charge in [0.15, 0.2) is 0 Å². The van der Waals surface area contributed by atoms with Crippen molar-refractivity contribution in [3.8, 4) is 0 Å². The Balaban J connectivity index is 2.70. The van der Waals surface area contributed by atoms with Crippen LogP contribution in [0.15, 0.2) is 0 Å². The normalized spacial score (nSPS) is 41.3. The minimum atomic E-state index is -1.27. The summed E-state index contributed by atoms with van der Waals surface area (Å²) >= 11 is 0. The van der Waals surface area contributed by atoms with E-state index in [4.69, 9.17) is 15.6 Å². The SMILES string of the molecule is CC(=O)N[C@H]1C(O)[C@H](O)C(CO)O[C@H]1N. The third-order valence-corrected chi connectivity index (χ3v) is 2.33. The lowest BCUT2D eigenvalue weighted by Gasteiger charge is -2.40. The Labute approximate surface area is 86.8 Å². The molecule has 1 aliphatic heterocycles. The zero-order chi connectivity index (χ0) is 11.6. The van der Waals surface area contributed by atoms with Gasteiger partial charge in [-0.25, -0.2) is 0 Å². The van der Waals surface area contributed by atoms with Crippen LogP contribution in [-0.2, 0) is 9.53 Å². The maximum atomic E-state index is 10.8. The Kier molecular flexibility index (Phi) is 4.00. The number of amides is 1. The molecule has 0 aromatic rings. The molecule has 1 amide bonds. The molecule has 0 aromatic heterocycles. The van der Waals surface area contributed by atoms with Crippen molar-refractivity contribution >= 4 is 5.91 Å². The molecule has 2 unspecified atom stereocenters. The summed E-state index contributed by atoms with van der Waals surface area (Å²) in [5.41, 5.74) is 5.53. The van der Waals surface area contributed by atoms with E-state index in [2.05, 4.69) is 5.32 Å². The molecule has 15 heavy (non-hydrogen) atoms. The lowest BCUT2D eigenvalue weighted by molar-refractivity contribution is -0.193. The summed E-state index contributed by atoms with van der Waals surface area (Å²) in [6, 6.07) is -0.875. The molecule has 0 aromatic carbocycles. The van der Waals surface area contributed by atoms with Crippen LogP contribution in [0.3, 0.4) is 0 Å². The van der Waals surface area contributed by atoms with Crippen LogP contribution in [0, 0.1) is 0 Å². The van der Waals surface area contributed by atoms with Crippen LogP contribution in [0.2, 0.25) is 0 Å². The van der Waals surface area contributed by atoms with E-state index in [-0.39, 0.29) is 5.91 Å². The molecule has 7 heteroatoms. The molecule has 6 N–H and O–H groups in total. The fourth-order valence-electron chi connectivity index (χ4n) is 1.55. The standard InChI is InChI=1S/C8H16N2O5/c1-3(12)10-5-7(14)6(13)4(2-11)15-8(5)9/h4-8,11,13-14H,2,9H2,1H3,(H,10,12)/t4?,5-,6+,7?,8+/m0/s1. The van der Waals surface area contributed by atoms with E-state index >= 15 is 0 Å². The van der Waals surface area contributed by atoms with Crippen LogP contribution in [0.25, 0.3) is 0 Å². The summed E-state index contributed by atoms with van der Waals surface area (Å²) in [6.45, 7) is 0.822. The molecule has 0 radical (unpaired) electrons. The van der Waals surface area contributed by atoms with E-state index in [1.807, 2.05) is 0 Å². The fraction of sp³-hybridized carbons (Fsp3) is 0.875. The lowest BCUT2D eigenvalue weighted by Crippen LogP contribution is -2.66. The van der Waals surface area contributed by atoms with Crippen molar-refractivity contribution in [1.29, 1.82) is 0 Å². The summed E-state index contributed by atoms with van der Waals surface area (Å²) in [6.07, 6.45) is -4.41. The molecular weight excluding hydrogens is 204 g/mol. The molecule has 0 saturated carbocycles. The topological polar surface area (TPSA) is 125 Å². The summed E-state index contributed by atoms with van der Waals surface area (Å²) in [4.78, 5) is 10.8. The van der Waals surface area contributed by atoms with Crippen LogP contribution in [0.5, 0.6) is 0 Å². The second kappa shape index (κ2) is 4.86. The summed E-state index contributed by atoms with van der Waals surface area (Å²) in [7, 11) is 0. The largest absolute Gasteiger partial charge is 0.394 e. The minimum Gasteiger partial charge on any atom is -0.394 e. The molecule has 0 aliphatic carbocycles. The second-order valence-corrected chi connectivity index (χ2v) is 3.53. The Bertz CT molecular complexity index is 237. The maximum absolute atomic E-state index is 10.8. The highest BCUT2D eigenvalue weighted by Gasteiger charge is 2.42. The molecule has 1 aliphatic rings. The fourth-order valence-corrected chi connectivity index (χ4v) is 1.55. The Morgan fingerprint density at radius 1 is 1.47 bits per heavy atom. The van der Waals surface area contributed by atoms with Crippen molar-refractivity contribution in [1.82, 2.24) is 5.32 Å². The van der Waals surface area contributed by atoms with Crippen molar-refractivity contribution in [2.45, 2.75) is 37.5 Å². The Hall–Kier alpha value is -0.730. The number of carbonyl (C=O) groups excluding carboxylic acids is 1. The van der Waals surface area contributed by atoms with Gasteiger partial charge in [0.2, 0.25) is 5.91 Å². The molecule has 1 rings (SSSR count). The predicted octanol–water partition coefficient (Wildman–Crippen LogP) is -3.11. The van der Waals surface area contributed by atoms with Crippen LogP contribution in [0.1, 0.15) is 6.92 Å². The van der Waals surface area contributed by atoms with E-state index in [0.29, 0.717) is 0 Å². The van der Waals surface area contributed by atoms with Crippen LogP contribution in [0.4, 0.5) is 0 Å². The first-order valence-corrected chi connectivity index (χ1v) is 4.62. The van der Waals surface area contributed by atoms with Gasteiger partial charge >= 0.3 is 0 Å². The van der Waals surface area contributed by atoms with Gasteiger partial charge in [-0.3, -0.25) is 4.79 Å². The van der Waals surface area contributed by atoms with E-state index < -0.39 is 37.2 Å². The number of ether oxygens (including phenoxy) is 1. The van der Waals surface area contributed by atoms with Gasteiger partial charge in [-0.1, -0.05) is 0 Å². The van der Waals surface area contributed by atoms with Crippen molar-refractivity contribution in [3.05, 3.63) is 0 Å². The van der Waals surface area contributed by atoms with Gasteiger partial charge in [-0.05, 0) is 0 Å². The highest BCUT2D eigenvalue weighted by Crippen LogP contribution is 2.18. The predicted molar refractivity (Wildman–Crippen MR) is 49.6 cm³/mol. The average Bonchev–Trinajstić information content (AvgIpc) is 2.18. The van der Waals surface area contributed by atoms with Gasteiger partial charge in [-0.2, -0.15) is 0 Å². The van der Waals surface area contributed by atoms with Gasteiger partial charge in [0.1, 0.15) is 24.5 Å². The molecule has 5 atom stereocenters. The number of aliphatic hydroxyl groups is 3. The summed E-state index contributed by atoms with van der Waals surface area (Å²) in [5.74, 6) is -0.382. The molecule has 7 nitrogen and oxygen atoms in total. The van der Waals surface area contributed by atoms with Crippen molar-refractivity contribution < 1.29 is 24.9 Å². The van der Waals surface area contributed by atoms with Gasteiger partial charge in [0.05, 0.1) is 12.6 Å². The smallest absolute Gasteiger partial charge is 0.217 e. The van der Waals surface area contributed by atoms with Gasteiger partial charge in [0, 0.05) is 6.92 Å². The third-order valence-electron chi connectivity index (χ3n) is 2.33. The average molecular weight is 220 g/mol. The van der Waals surface area contributed by atoms with E-state index in [9.17, 15) is 15.0 Å². The molecule has 1 heterocycles. The molecule has 1 saturated heterocycles. The molecule has 0 spiro atoms. The van der Waals surface area contributed by atoms with Crippen molar-refractivity contribution in [2.75, 3.05) is 6.61 Å². The molecule has 1 fully saturated rings. The quantitative estimate of drug-likeness (QED) is 0.335. The van der Waals surface area contributed by atoms with E-state index in [1.165, 1.54) is 6.92 Å². The summed E-state index contributed by atoms with van der Waals surface area (Å²) < 4.78 is 5.03. The first-order chi connectivity index (χ1) is 6.97. The minimum absolute atomic E-state index is 0.382. The first kappa shape index (κ1) is 12.3. The van der Waals surface area contributed by atoms with Crippen LogP contribution >= 0.6 is 0 Å². The highest BCUT2D eigenvalue weighted by molar-refractivity contribution is 5.73.